The van der Waals surface area contributed by atoms with E-state index < -0.39 is 21.5 Å². The van der Waals surface area contributed by atoms with Gasteiger partial charge in [0.1, 0.15) is 6.29 Å². The number of aldehydes is 1. The zero-order valence-electron chi connectivity index (χ0n) is 8.09. The van der Waals surface area contributed by atoms with E-state index in [9.17, 15) is 18.3 Å². The Hall–Kier alpha value is -0.460. The average Bonchev–Trinajstić information content (AvgIpc) is 2.03. The molecule has 0 aliphatic carbocycles. The van der Waals surface area contributed by atoms with E-state index in [0.717, 1.165) is 12.8 Å². The zero-order valence-corrected chi connectivity index (χ0v) is 8.90. The van der Waals surface area contributed by atoms with Gasteiger partial charge in [0, 0.05) is 0 Å². The summed E-state index contributed by atoms with van der Waals surface area (Å²) in [5.41, 5.74) is 0. The van der Waals surface area contributed by atoms with E-state index >= 15 is 0 Å². The smallest absolute Gasteiger partial charge is 0.277 e. The van der Waals surface area contributed by atoms with Gasteiger partial charge in [0.25, 0.3) is 10.1 Å². The lowest BCUT2D eigenvalue weighted by atomic mass is 10.1. The van der Waals surface area contributed by atoms with Crippen molar-refractivity contribution in [2.24, 2.45) is 0 Å². The third-order valence-corrected chi connectivity index (χ3v) is 3.07. The summed E-state index contributed by atoms with van der Waals surface area (Å²) >= 11 is 0. The van der Waals surface area contributed by atoms with Gasteiger partial charge >= 0.3 is 0 Å². The van der Waals surface area contributed by atoms with Gasteiger partial charge in [-0.25, -0.2) is 0 Å². The second-order valence-corrected chi connectivity index (χ2v) is 4.75. The van der Waals surface area contributed by atoms with Crippen molar-refractivity contribution in [3.05, 3.63) is 0 Å². The Balaban J connectivity index is 4.19. The summed E-state index contributed by atoms with van der Waals surface area (Å²) in [4.78, 5) is 10.3. The average molecular weight is 224 g/mol. The molecule has 0 saturated carbocycles. The summed E-state index contributed by atoms with van der Waals surface area (Å²) in [5.74, 6) is 0. The number of rotatable bonds is 7. The molecule has 0 aromatic heterocycles. The SMILES string of the molecule is CCCCCC(O)C(C=O)S(=O)(=O)O. The molecule has 0 rings (SSSR count). The molecule has 0 aliphatic heterocycles. The fourth-order valence-corrected chi connectivity index (χ4v) is 1.80. The maximum atomic E-state index is 10.6. The highest BCUT2D eigenvalue weighted by atomic mass is 32.2. The zero-order chi connectivity index (χ0) is 11.2. The van der Waals surface area contributed by atoms with Crippen LogP contribution in [0.5, 0.6) is 0 Å². The van der Waals surface area contributed by atoms with Crippen LogP contribution >= 0.6 is 0 Å². The Morgan fingerprint density at radius 3 is 2.29 bits per heavy atom. The molecule has 0 saturated heterocycles. The molecule has 0 amide bonds. The summed E-state index contributed by atoms with van der Waals surface area (Å²) in [6.45, 7) is 1.96. The van der Waals surface area contributed by atoms with Crippen molar-refractivity contribution in [2.45, 2.75) is 44.0 Å². The van der Waals surface area contributed by atoms with Gasteiger partial charge in [-0.1, -0.05) is 26.2 Å². The molecule has 0 bridgehead atoms. The number of unbranched alkanes of at least 4 members (excludes halogenated alkanes) is 2. The standard InChI is InChI=1S/C8H16O5S/c1-2-3-4-5-7(10)8(6-9)14(11,12)13/h6-8,10H,2-5H2,1H3,(H,11,12,13). The molecule has 0 aromatic carbocycles. The number of aliphatic hydroxyl groups excluding tert-OH is 1. The third kappa shape index (κ3) is 4.69. The minimum absolute atomic E-state index is 0.0615. The summed E-state index contributed by atoms with van der Waals surface area (Å²) < 4.78 is 29.8. The summed E-state index contributed by atoms with van der Waals surface area (Å²) in [6.07, 6.45) is 1.38. The van der Waals surface area contributed by atoms with Crippen LogP contribution in [0.4, 0.5) is 0 Å². The minimum atomic E-state index is -4.47. The van der Waals surface area contributed by atoms with Crippen LogP contribution in [0.25, 0.3) is 0 Å². The number of hydrogen-bond donors (Lipinski definition) is 2. The molecule has 0 radical (unpaired) electrons. The number of hydrogen-bond acceptors (Lipinski definition) is 4. The van der Waals surface area contributed by atoms with E-state index in [1.54, 1.807) is 0 Å². The summed E-state index contributed by atoms with van der Waals surface area (Å²) in [6, 6.07) is 0. The molecule has 84 valence electrons. The highest BCUT2D eigenvalue weighted by Gasteiger charge is 2.29. The predicted octanol–water partition coefficient (Wildman–Crippen LogP) is 0.383. The van der Waals surface area contributed by atoms with Gasteiger partial charge < -0.3 is 9.90 Å². The first-order valence-electron chi connectivity index (χ1n) is 4.53. The highest BCUT2D eigenvalue weighted by Crippen LogP contribution is 2.10. The molecule has 2 unspecified atom stereocenters. The van der Waals surface area contributed by atoms with E-state index in [1.807, 2.05) is 6.92 Å². The molecular weight excluding hydrogens is 208 g/mol. The normalized spacial score (nSPS) is 16.2. The Bertz CT molecular complexity index is 259. The molecule has 6 heteroatoms. The van der Waals surface area contributed by atoms with Crippen molar-refractivity contribution >= 4 is 16.4 Å². The van der Waals surface area contributed by atoms with Crippen LogP contribution in [0.1, 0.15) is 32.6 Å². The van der Waals surface area contributed by atoms with Gasteiger partial charge in [-0.05, 0) is 6.42 Å². The molecule has 14 heavy (non-hydrogen) atoms. The third-order valence-electron chi connectivity index (χ3n) is 1.96. The fraction of sp³-hybridized carbons (Fsp3) is 0.875. The van der Waals surface area contributed by atoms with Gasteiger partial charge in [0.2, 0.25) is 0 Å². The van der Waals surface area contributed by atoms with Crippen LogP contribution < -0.4 is 0 Å². The van der Waals surface area contributed by atoms with Crippen LogP contribution in [-0.2, 0) is 14.9 Å². The van der Waals surface area contributed by atoms with E-state index in [-0.39, 0.29) is 12.7 Å². The number of carbonyl (C=O) groups is 1. The molecule has 0 heterocycles. The first kappa shape index (κ1) is 13.5. The monoisotopic (exact) mass is 224 g/mol. The van der Waals surface area contributed by atoms with Crippen molar-refractivity contribution in [1.82, 2.24) is 0 Å². The van der Waals surface area contributed by atoms with Gasteiger partial charge in [0.15, 0.2) is 5.25 Å². The molecule has 2 N–H and O–H groups in total. The summed E-state index contributed by atoms with van der Waals surface area (Å²) in [7, 11) is -4.47. The van der Waals surface area contributed by atoms with E-state index in [2.05, 4.69) is 0 Å². The van der Waals surface area contributed by atoms with Gasteiger partial charge in [-0.3, -0.25) is 4.55 Å². The summed E-state index contributed by atoms with van der Waals surface area (Å²) in [5, 5.41) is 7.59. The van der Waals surface area contributed by atoms with Gasteiger partial charge in [0.05, 0.1) is 6.10 Å². The first-order chi connectivity index (χ1) is 6.43. The Kier molecular flexibility index (Phi) is 5.90. The second kappa shape index (κ2) is 6.10. The quantitative estimate of drug-likeness (QED) is 0.370. The van der Waals surface area contributed by atoms with Crippen molar-refractivity contribution in [3.63, 3.8) is 0 Å². The largest absolute Gasteiger partial charge is 0.391 e. The van der Waals surface area contributed by atoms with Gasteiger partial charge in [-0.2, -0.15) is 8.42 Å². The number of carbonyl (C=O) groups excluding carboxylic acids is 1. The topological polar surface area (TPSA) is 91.7 Å². The predicted molar refractivity (Wildman–Crippen MR) is 51.5 cm³/mol. The van der Waals surface area contributed by atoms with Crippen molar-refractivity contribution in [1.29, 1.82) is 0 Å². The molecule has 0 fully saturated rings. The lowest BCUT2D eigenvalue weighted by molar-refractivity contribution is -0.109. The van der Waals surface area contributed by atoms with Crippen molar-refractivity contribution in [2.75, 3.05) is 0 Å². The fourth-order valence-electron chi connectivity index (χ4n) is 1.13. The molecular formula is C8H16O5S. The first-order valence-corrected chi connectivity index (χ1v) is 6.03. The molecule has 0 aliphatic rings. The Morgan fingerprint density at radius 2 is 1.93 bits per heavy atom. The molecule has 5 nitrogen and oxygen atoms in total. The molecule has 0 spiro atoms. The maximum Gasteiger partial charge on any atom is 0.277 e. The molecule has 0 aromatic rings. The Morgan fingerprint density at radius 1 is 1.36 bits per heavy atom. The number of aliphatic hydroxyl groups is 1. The maximum absolute atomic E-state index is 10.6. The molecule has 2 atom stereocenters. The lowest BCUT2D eigenvalue weighted by Gasteiger charge is -2.14. The van der Waals surface area contributed by atoms with Gasteiger partial charge in [-0.15, -0.1) is 0 Å². The Labute approximate surface area is 83.9 Å². The van der Waals surface area contributed by atoms with Crippen LogP contribution in [0, 0.1) is 0 Å². The second-order valence-electron chi connectivity index (χ2n) is 3.18. The van der Waals surface area contributed by atoms with Crippen LogP contribution in [0.3, 0.4) is 0 Å². The van der Waals surface area contributed by atoms with E-state index in [0.29, 0.717) is 6.42 Å². The van der Waals surface area contributed by atoms with E-state index in [4.69, 9.17) is 4.55 Å². The van der Waals surface area contributed by atoms with Crippen LogP contribution in [0.2, 0.25) is 0 Å². The highest BCUT2D eigenvalue weighted by molar-refractivity contribution is 7.87. The minimum Gasteiger partial charge on any atom is -0.391 e. The van der Waals surface area contributed by atoms with E-state index in [1.165, 1.54) is 0 Å². The lowest BCUT2D eigenvalue weighted by Crippen LogP contribution is -2.35. The van der Waals surface area contributed by atoms with Crippen molar-refractivity contribution in [3.8, 4) is 0 Å². The van der Waals surface area contributed by atoms with Crippen LogP contribution in [0.15, 0.2) is 0 Å². The van der Waals surface area contributed by atoms with Crippen LogP contribution in [-0.4, -0.2) is 35.7 Å². The van der Waals surface area contributed by atoms with Crippen molar-refractivity contribution < 1.29 is 22.9 Å².